The highest BCUT2D eigenvalue weighted by Gasteiger charge is 2.29. The molecule has 6 heteroatoms. The molecule has 1 aliphatic heterocycles. The summed E-state index contributed by atoms with van der Waals surface area (Å²) in [7, 11) is 0. The third-order valence-corrected chi connectivity index (χ3v) is 6.13. The Morgan fingerprint density at radius 2 is 1.96 bits per heavy atom. The molecular weight excluding hydrogens is 346 g/mol. The molecule has 4 rings (SSSR count). The smallest absolute Gasteiger partial charge is 0.261 e. The number of carbonyl (C=O) groups is 2. The zero-order valence-electron chi connectivity index (χ0n) is 14.6. The van der Waals surface area contributed by atoms with Crippen LogP contribution in [0.2, 0.25) is 0 Å². The summed E-state index contributed by atoms with van der Waals surface area (Å²) in [6, 6.07) is 5.91. The molecule has 0 spiro atoms. The molecule has 0 saturated heterocycles. The van der Waals surface area contributed by atoms with Crippen LogP contribution in [0.25, 0.3) is 11.6 Å². The summed E-state index contributed by atoms with van der Waals surface area (Å²) in [4.78, 5) is 28.6. The van der Waals surface area contributed by atoms with Gasteiger partial charge in [0.1, 0.15) is 5.00 Å². The highest BCUT2D eigenvalue weighted by Crippen LogP contribution is 2.39. The zero-order valence-corrected chi connectivity index (χ0v) is 15.5. The Bertz CT molecular complexity index is 827. The normalized spacial score (nSPS) is 19.7. The van der Waals surface area contributed by atoms with Gasteiger partial charge in [-0.15, -0.1) is 11.3 Å². The number of H-pyrrole nitrogens is 1. The minimum absolute atomic E-state index is 0.0246. The SMILES string of the molecule is O=C1Nc2sc(C(=O)NC3CCCCCCC3)cc2C1=Cc1ccc[nH]1. The van der Waals surface area contributed by atoms with Crippen molar-refractivity contribution in [2.45, 2.75) is 51.0 Å². The summed E-state index contributed by atoms with van der Waals surface area (Å²) in [6.07, 6.45) is 12.0. The van der Waals surface area contributed by atoms with Gasteiger partial charge in [0.15, 0.2) is 0 Å². The van der Waals surface area contributed by atoms with E-state index in [0.717, 1.165) is 29.1 Å². The Kier molecular flexibility index (Phi) is 4.93. The molecule has 26 heavy (non-hydrogen) atoms. The minimum atomic E-state index is -0.118. The van der Waals surface area contributed by atoms with E-state index in [1.54, 1.807) is 0 Å². The van der Waals surface area contributed by atoms with Gasteiger partial charge in [-0.3, -0.25) is 9.59 Å². The van der Waals surface area contributed by atoms with Gasteiger partial charge in [0.2, 0.25) is 0 Å². The molecule has 0 unspecified atom stereocenters. The van der Waals surface area contributed by atoms with Gasteiger partial charge in [-0.05, 0) is 37.1 Å². The van der Waals surface area contributed by atoms with Crippen molar-refractivity contribution in [1.29, 1.82) is 0 Å². The number of amides is 2. The topological polar surface area (TPSA) is 74.0 Å². The van der Waals surface area contributed by atoms with Crippen molar-refractivity contribution >= 4 is 39.8 Å². The second kappa shape index (κ2) is 7.50. The lowest BCUT2D eigenvalue weighted by atomic mass is 9.96. The molecule has 2 aromatic heterocycles. The van der Waals surface area contributed by atoms with Gasteiger partial charge < -0.3 is 15.6 Å². The molecule has 2 amide bonds. The highest BCUT2D eigenvalue weighted by molar-refractivity contribution is 7.18. The molecule has 3 heterocycles. The van der Waals surface area contributed by atoms with Crippen LogP contribution in [0.5, 0.6) is 0 Å². The van der Waals surface area contributed by atoms with E-state index in [0.29, 0.717) is 10.5 Å². The number of carbonyl (C=O) groups excluding carboxylic acids is 2. The number of thiophene rings is 1. The maximum absolute atomic E-state index is 12.7. The first-order valence-electron chi connectivity index (χ1n) is 9.32. The maximum Gasteiger partial charge on any atom is 0.261 e. The highest BCUT2D eigenvalue weighted by atomic mass is 32.1. The summed E-state index contributed by atoms with van der Waals surface area (Å²) < 4.78 is 0. The molecule has 0 radical (unpaired) electrons. The van der Waals surface area contributed by atoms with E-state index in [1.165, 1.54) is 43.4 Å². The molecule has 5 nitrogen and oxygen atoms in total. The monoisotopic (exact) mass is 369 g/mol. The van der Waals surface area contributed by atoms with Crippen molar-refractivity contribution < 1.29 is 9.59 Å². The van der Waals surface area contributed by atoms with E-state index in [4.69, 9.17) is 0 Å². The lowest BCUT2D eigenvalue weighted by Gasteiger charge is -2.20. The van der Waals surface area contributed by atoms with E-state index in [1.807, 2.05) is 30.5 Å². The lowest BCUT2D eigenvalue weighted by molar-refractivity contribution is -0.110. The molecular formula is C20H23N3O2S. The second-order valence-electron chi connectivity index (χ2n) is 7.01. The average molecular weight is 369 g/mol. The molecule has 2 aromatic rings. The van der Waals surface area contributed by atoms with E-state index in [9.17, 15) is 9.59 Å². The third-order valence-electron chi connectivity index (χ3n) is 5.08. The second-order valence-corrected chi connectivity index (χ2v) is 8.06. The maximum atomic E-state index is 12.7. The average Bonchev–Trinajstić information content (AvgIpc) is 3.29. The van der Waals surface area contributed by atoms with Crippen molar-refractivity contribution in [3.05, 3.63) is 40.5 Å². The van der Waals surface area contributed by atoms with Crippen molar-refractivity contribution in [2.24, 2.45) is 0 Å². The molecule has 3 N–H and O–H groups in total. The number of anilines is 1. The van der Waals surface area contributed by atoms with Crippen molar-refractivity contribution in [1.82, 2.24) is 10.3 Å². The summed E-state index contributed by atoms with van der Waals surface area (Å²) in [5.74, 6) is -0.142. The molecule has 0 aromatic carbocycles. The Labute approximate surface area is 156 Å². The van der Waals surface area contributed by atoms with Crippen molar-refractivity contribution in [3.63, 3.8) is 0 Å². The van der Waals surface area contributed by atoms with Crippen LogP contribution in [0, 0.1) is 0 Å². The first-order valence-corrected chi connectivity index (χ1v) is 10.1. The minimum Gasteiger partial charge on any atom is -0.362 e. The summed E-state index contributed by atoms with van der Waals surface area (Å²) >= 11 is 1.35. The van der Waals surface area contributed by atoms with Crippen LogP contribution in [0.3, 0.4) is 0 Å². The van der Waals surface area contributed by atoms with E-state index in [-0.39, 0.29) is 17.9 Å². The number of hydrogen-bond acceptors (Lipinski definition) is 3. The van der Waals surface area contributed by atoms with Gasteiger partial charge in [0.25, 0.3) is 11.8 Å². The molecule has 0 atom stereocenters. The molecule has 136 valence electrons. The van der Waals surface area contributed by atoms with E-state index >= 15 is 0 Å². The van der Waals surface area contributed by atoms with E-state index < -0.39 is 0 Å². The Hall–Kier alpha value is -2.34. The van der Waals surface area contributed by atoms with Gasteiger partial charge in [0, 0.05) is 23.5 Å². The van der Waals surface area contributed by atoms with Crippen molar-refractivity contribution in [3.8, 4) is 0 Å². The largest absolute Gasteiger partial charge is 0.362 e. The number of nitrogens with one attached hydrogen (secondary N) is 3. The van der Waals surface area contributed by atoms with Crippen LogP contribution < -0.4 is 10.6 Å². The van der Waals surface area contributed by atoms with Crippen LogP contribution in [0.15, 0.2) is 24.4 Å². The van der Waals surface area contributed by atoms with Gasteiger partial charge in [0.05, 0.1) is 10.5 Å². The fourth-order valence-electron chi connectivity index (χ4n) is 3.68. The summed E-state index contributed by atoms with van der Waals surface area (Å²) in [6.45, 7) is 0. The molecule has 1 fully saturated rings. The van der Waals surface area contributed by atoms with Gasteiger partial charge in [-0.1, -0.05) is 32.1 Å². The predicted molar refractivity (Wildman–Crippen MR) is 105 cm³/mol. The zero-order chi connectivity index (χ0) is 17.9. The fraction of sp³-hybridized carbons (Fsp3) is 0.400. The van der Waals surface area contributed by atoms with E-state index in [2.05, 4.69) is 15.6 Å². The molecule has 1 aliphatic carbocycles. The molecule has 2 aliphatic rings. The van der Waals surface area contributed by atoms with Gasteiger partial charge >= 0.3 is 0 Å². The number of rotatable bonds is 3. The van der Waals surface area contributed by atoms with Crippen LogP contribution in [0.4, 0.5) is 5.00 Å². The number of fused-ring (bicyclic) bond motifs is 1. The summed E-state index contributed by atoms with van der Waals surface area (Å²) in [5.41, 5.74) is 2.29. The van der Waals surface area contributed by atoms with Crippen LogP contribution in [-0.4, -0.2) is 22.8 Å². The fourth-order valence-corrected chi connectivity index (χ4v) is 4.65. The van der Waals surface area contributed by atoms with Crippen LogP contribution in [-0.2, 0) is 4.79 Å². The Morgan fingerprint density at radius 3 is 2.69 bits per heavy atom. The number of aromatic amines is 1. The van der Waals surface area contributed by atoms with Crippen LogP contribution >= 0.6 is 11.3 Å². The predicted octanol–water partition coefficient (Wildman–Crippen LogP) is 4.41. The molecule has 1 saturated carbocycles. The van der Waals surface area contributed by atoms with Crippen molar-refractivity contribution in [2.75, 3.05) is 5.32 Å². The standard InChI is InChI=1S/C20H23N3O2S/c24-18-15(11-14-9-6-10-21-14)16-12-17(26-20(16)23-18)19(25)22-13-7-4-2-1-3-5-8-13/h6,9-13,21H,1-5,7-8H2,(H,22,25)(H,23,24). The first kappa shape index (κ1) is 17.1. The Balaban J connectivity index is 1.50. The summed E-state index contributed by atoms with van der Waals surface area (Å²) in [5, 5.41) is 6.83. The number of aromatic nitrogens is 1. The number of hydrogen-bond donors (Lipinski definition) is 3. The van der Waals surface area contributed by atoms with Gasteiger partial charge in [-0.2, -0.15) is 0 Å². The van der Waals surface area contributed by atoms with Crippen LogP contribution in [0.1, 0.15) is 65.9 Å². The first-order chi connectivity index (χ1) is 12.7. The van der Waals surface area contributed by atoms with Gasteiger partial charge in [-0.25, -0.2) is 0 Å². The third kappa shape index (κ3) is 3.60. The quantitative estimate of drug-likeness (QED) is 0.701. The molecule has 0 bridgehead atoms. The Morgan fingerprint density at radius 1 is 1.19 bits per heavy atom. The lowest BCUT2D eigenvalue weighted by Crippen LogP contribution is -2.34.